The van der Waals surface area contributed by atoms with E-state index in [0.717, 1.165) is 0 Å². The Bertz CT molecular complexity index is 489. The zero-order valence-corrected chi connectivity index (χ0v) is 10.2. The molecule has 2 heterocycles. The number of nitrogen functional groups attached to an aromatic ring is 1. The van der Waals surface area contributed by atoms with Gasteiger partial charge in [-0.05, 0) is 23.7 Å². The standard InChI is InChI=1S/C11H11ClN4O2/c12-11-15-9(13)6-10(16-11)18-5-4-17-8-2-1-3-14-7-8/h1-3,6-7H,4-5H2,(H2,13,15,16). The third kappa shape index (κ3) is 3.74. The van der Waals surface area contributed by atoms with E-state index in [0.29, 0.717) is 24.8 Å². The van der Waals surface area contributed by atoms with Crippen LogP contribution < -0.4 is 15.2 Å². The Morgan fingerprint density at radius 1 is 1.22 bits per heavy atom. The van der Waals surface area contributed by atoms with Crippen molar-refractivity contribution in [3.8, 4) is 11.6 Å². The van der Waals surface area contributed by atoms with Crippen LogP contribution >= 0.6 is 11.6 Å². The van der Waals surface area contributed by atoms with E-state index in [-0.39, 0.29) is 11.1 Å². The predicted octanol–water partition coefficient (Wildman–Crippen LogP) is 1.56. The van der Waals surface area contributed by atoms with E-state index < -0.39 is 0 Å². The first-order valence-electron chi connectivity index (χ1n) is 5.20. The van der Waals surface area contributed by atoms with E-state index in [1.807, 2.05) is 6.07 Å². The molecule has 0 aromatic carbocycles. The summed E-state index contributed by atoms with van der Waals surface area (Å²) in [6.07, 6.45) is 3.30. The van der Waals surface area contributed by atoms with Crippen LogP contribution in [0.15, 0.2) is 30.6 Å². The van der Waals surface area contributed by atoms with Gasteiger partial charge in [0.2, 0.25) is 11.2 Å². The molecule has 2 aromatic rings. The molecule has 0 aliphatic rings. The van der Waals surface area contributed by atoms with E-state index in [2.05, 4.69) is 15.0 Å². The van der Waals surface area contributed by atoms with Crippen molar-refractivity contribution < 1.29 is 9.47 Å². The molecule has 2 N–H and O–H groups in total. The summed E-state index contributed by atoms with van der Waals surface area (Å²) in [5, 5.41) is 0.0539. The van der Waals surface area contributed by atoms with Crippen molar-refractivity contribution in [2.75, 3.05) is 18.9 Å². The summed E-state index contributed by atoms with van der Waals surface area (Å²) >= 11 is 5.64. The maximum absolute atomic E-state index is 5.64. The fourth-order valence-corrected chi connectivity index (χ4v) is 1.41. The number of ether oxygens (including phenoxy) is 2. The first kappa shape index (κ1) is 12.4. The highest BCUT2D eigenvalue weighted by atomic mass is 35.5. The van der Waals surface area contributed by atoms with E-state index in [4.69, 9.17) is 26.8 Å². The van der Waals surface area contributed by atoms with Gasteiger partial charge in [-0.25, -0.2) is 4.98 Å². The molecule has 0 saturated heterocycles. The van der Waals surface area contributed by atoms with E-state index in [1.54, 1.807) is 18.5 Å². The monoisotopic (exact) mass is 266 g/mol. The van der Waals surface area contributed by atoms with Gasteiger partial charge in [-0.3, -0.25) is 4.98 Å². The Morgan fingerprint density at radius 3 is 2.78 bits per heavy atom. The van der Waals surface area contributed by atoms with Crippen molar-refractivity contribution in [2.45, 2.75) is 0 Å². The molecule has 0 amide bonds. The molecule has 0 aliphatic carbocycles. The molecule has 0 spiro atoms. The van der Waals surface area contributed by atoms with Gasteiger partial charge in [0.05, 0.1) is 6.20 Å². The van der Waals surface area contributed by atoms with E-state index in [1.165, 1.54) is 6.07 Å². The highest BCUT2D eigenvalue weighted by Gasteiger charge is 2.01. The van der Waals surface area contributed by atoms with Crippen LogP contribution in [0, 0.1) is 0 Å². The van der Waals surface area contributed by atoms with Crippen LogP contribution in [0.4, 0.5) is 5.82 Å². The van der Waals surface area contributed by atoms with Crippen LogP contribution in [0.1, 0.15) is 0 Å². The van der Waals surface area contributed by atoms with Gasteiger partial charge in [0.1, 0.15) is 24.8 Å². The third-order valence-corrected chi connectivity index (χ3v) is 2.10. The fourth-order valence-electron chi connectivity index (χ4n) is 1.23. The summed E-state index contributed by atoms with van der Waals surface area (Å²) < 4.78 is 10.7. The number of pyridine rings is 1. The number of hydrogen-bond donors (Lipinski definition) is 1. The number of rotatable bonds is 5. The molecule has 2 aromatic heterocycles. The molecule has 2 rings (SSSR count). The number of anilines is 1. The number of halogens is 1. The van der Waals surface area contributed by atoms with Crippen molar-refractivity contribution in [1.29, 1.82) is 0 Å². The molecule has 94 valence electrons. The maximum atomic E-state index is 5.64. The fraction of sp³-hybridized carbons (Fsp3) is 0.182. The van der Waals surface area contributed by atoms with Gasteiger partial charge < -0.3 is 15.2 Å². The molecule has 0 bridgehead atoms. The summed E-state index contributed by atoms with van der Waals surface area (Å²) in [5.41, 5.74) is 5.50. The van der Waals surface area contributed by atoms with Crippen LogP contribution in [0.25, 0.3) is 0 Å². The molecular formula is C11H11ClN4O2. The number of nitrogens with two attached hydrogens (primary N) is 1. The second-order valence-electron chi connectivity index (χ2n) is 3.29. The van der Waals surface area contributed by atoms with Gasteiger partial charge in [-0.15, -0.1) is 0 Å². The first-order chi connectivity index (χ1) is 8.74. The van der Waals surface area contributed by atoms with Crippen molar-refractivity contribution >= 4 is 17.4 Å². The SMILES string of the molecule is Nc1cc(OCCOc2cccnc2)nc(Cl)n1. The lowest BCUT2D eigenvalue weighted by atomic mass is 10.5. The van der Waals surface area contributed by atoms with Crippen molar-refractivity contribution in [3.05, 3.63) is 35.9 Å². The van der Waals surface area contributed by atoms with Crippen molar-refractivity contribution in [1.82, 2.24) is 15.0 Å². The summed E-state index contributed by atoms with van der Waals surface area (Å²) in [5.74, 6) is 1.27. The Balaban J connectivity index is 1.78. The lowest BCUT2D eigenvalue weighted by Crippen LogP contribution is -2.10. The zero-order chi connectivity index (χ0) is 12.8. The minimum Gasteiger partial charge on any atom is -0.488 e. The van der Waals surface area contributed by atoms with Crippen molar-refractivity contribution in [2.24, 2.45) is 0 Å². The second-order valence-corrected chi connectivity index (χ2v) is 3.62. The quantitative estimate of drug-likeness (QED) is 0.653. The van der Waals surface area contributed by atoms with Gasteiger partial charge >= 0.3 is 0 Å². The summed E-state index contributed by atoms with van der Waals surface area (Å²) in [6, 6.07) is 5.10. The highest BCUT2D eigenvalue weighted by molar-refractivity contribution is 6.28. The molecule has 0 radical (unpaired) electrons. The number of nitrogens with zero attached hydrogens (tertiary/aromatic N) is 3. The summed E-state index contributed by atoms with van der Waals surface area (Å²) in [4.78, 5) is 11.5. The molecule has 18 heavy (non-hydrogen) atoms. The van der Waals surface area contributed by atoms with Gasteiger partial charge in [0.25, 0.3) is 0 Å². The lowest BCUT2D eigenvalue weighted by Gasteiger charge is -2.07. The summed E-state index contributed by atoms with van der Waals surface area (Å²) in [7, 11) is 0. The van der Waals surface area contributed by atoms with Crippen LogP contribution in [-0.4, -0.2) is 28.2 Å². The van der Waals surface area contributed by atoms with Crippen LogP contribution in [-0.2, 0) is 0 Å². The number of aromatic nitrogens is 3. The average molecular weight is 267 g/mol. The minimum absolute atomic E-state index is 0.0539. The molecular weight excluding hydrogens is 256 g/mol. The normalized spacial score (nSPS) is 10.1. The largest absolute Gasteiger partial charge is 0.488 e. The summed E-state index contributed by atoms with van der Waals surface area (Å²) in [6.45, 7) is 0.689. The molecule has 0 unspecified atom stereocenters. The first-order valence-corrected chi connectivity index (χ1v) is 5.57. The third-order valence-electron chi connectivity index (χ3n) is 1.93. The topological polar surface area (TPSA) is 83.2 Å². The maximum Gasteiger partial charge on any atom is 0.227 e. The Morgan fingerprint density at radius 2 is 2.06 bits per heavy atom. The zero-order valence-electron chi connectivity index (χ0n) is 9.41. The molecule has 7 heteroatoms. The van der Waals surface area contributed by atoms with Gasteiger partial charge in [0.15, 0.2) is 0 Å². The Kier molecular flexibility index (Phi) is 4.14. The average Bonchev–Trinajstić information content (AvgIpc) is 2.35. The molecule has 0 fully saturated rings. The predicted molar refractivity (Wildman–Crippen MR) is 66.7 cm³/mol. The Hall–Kier alpha value is -2.08. The van der Waals surface area contributed by atoms with E-state index in [9.17, 15) is 0 Å². The van der Waals surface area contributed by atoms with Crippen LogP contribution in [0.5, 0.6) is 11.6 Å². The Labute approximate surface area is 109 Å². The number of hydrogen-bond acceptors (Lipinski definition) is 6. The molecule has 0 saturated carbocycles. The highest BCUT2D eigenvalue weighted by Crippen LogP contribution is 2.13. The lowest BCUT2D eigenvalue weighted by molar-refractivity contribution is 0.211. The van der Waals surface area contributed by atoms with Gasteiger partial charge in [-0.2, -0.15) is 4.98 Å². The molecule has 6 nitrogen and oxygen atoms in total. The van der Waals surface area contributed by atoms with E-state index >= 15 is 0 Å². The molecule has 0 aliphatic heterocycles. The smallest absolute Gasteiger partial charge is 0.227 e. The van der Waals surface area contributed by atoms with Gasteiger partial charge in [-0.1, -0.05) is 0 Å². The molecule has 0 atom stereocenters. The minimum atomic E-state index is 0.0539. The van der Waals surface area contributed by atoms with Crippen LogP contribution in [0.3, 0.4) is 0 Å². The second kappa shape index (κ2) is 6.02. The van der Waals surface area contributed by atoms with Crippen LogP contribution in [0.2, 0.25) is 5.28 Å². The van der Waals surface area contributed by atoms with Crippen molar-refractivity contribution in [3.63, 3.8) is 0 Å². The van der Waals surface area contributed by atoms with Gasteiger partial charge in [0, 0.05) is 12.3 Å².